The molecule has 118 valence electrons. The Morgan fingerprint density at radius 2 is 2.10 bits per heavy atom. The fraction of sp³-hybridized carbons (Fsp3) is 0.643. The minimum absolute atomic E-state index is 0.0177. The molecular weight excluding hydrogens is 310 g/mol. The van der Waals surface area contributed by atoms with Gasteiger partial charge in [0.15, 0.2) is 9.84 Å². The van der Waals surface area contributed by atoms with Crippen LogP contribution in [0.4, 0.5) is 0 Å². The molecule has 1 saturated carbocycles. The number of rotatable bonds is 5. The summed E-state index contributed by atoms with van der Waals surface area (Å²) in [6.07, 6.45) is 4.93. The quantitative estimate of drug-likeness (QED) is 0.895. The van der Waals surface area contributed by atoms with Crippen LogP contribution >= 0.6 is 11.3 Å². The second-order valence-corrected chi connectivity index (χ2v) is 9.00. The molecule has 0 radical (unpaired) electrons. The van der Waals surface area contributed by atoms with Gasteiger partial charge in [-0.15, -0.1) is 11.3 Å². The summed E-state index contributed by atoms with van der Waals surface area (Å²) < 4.78 is 23.9. The molecule has 2 unspecified atom stereocenters. The maximum absolute atomic E-state index is 11.9. The van der Waals surface area contributed by atoms with E-state index in [4.69, 9.17) is 5.11 Å². The molecule has 0 aliphatic heterocycles. The lowest BCUT2D eigenvalue weighted by Gasteiger charge is -2.36. The van der Waals surface area contributed by atoms with Crippen LogP contribution in [-0.2, 0) is 16.4 Å². The van der Waals surface area contributed by atoms with E-state index in [-0.39, 0.29) is 11.3 Å². The van der Waals surface area contributed by atoms with Crippen LogP contribution < -0.4 is 0 Å². The lowest BCUT2D eigenvalue weighted by Crippen LogP contribution is -2.46. The lowest BCUT2D eigenvalue weighted by molar-refractivity contribution is 0.0697. The number of carbonyl (C=O) groups is 1. The van der Waals surface area contributed by atoms with Crippen molar-refractivity contribution in [2.45, 2.75) is 43.5 Å². The molecule has 1 fully saturated rings. The van der Waals surface area contributed by atoms with Gasteiger partial charge in [0.05, 0.1) is 10.8 Å². The van der Waals surface area contributed by atoms with Crippen molar-refractivity contribution in [3.63, 3.8) is 0 Å². The van der Waals surface area contributed by atoms with Crippen molar-refractivity contribution in [3.05, 3.63) is 21.9 Å². The molecule has 1 heterocycles. The Balaban J connectivity index is 2.10. The molecule has 0 amide bonds. The fourth-order valence-corrected chi connectivity index (χ4v) is 5.45. The van der Waals surface area contributed by atoms with Crippen LogP contribution in [0.15, 0.2) is 11.4 Å². The molecule has 7 heteroatoms. The fourth-order valence-electron chi connectivity index (χ4n) is 3.02. The summed E-state index contributed by atoms with van der Waals surface area (Å²) in [6.45, 7) is 0.592. The number of carboxylic acids is 1. The number of aromatic carboxylic acids is 1. The maximum Gasteiger partial charge on any atom is 0.336 e. The molecule has 2 rings (SSSR count). The summed E-state index contributed by atoms with van der Waals surface area (Å²) in [5, 5.41) is 10.3. The van der Waals surface area contributed by atoms with Gasteiger partial charge in [0.2, 0.25) is 0 Å². The molecule has 1 aliphatic rings. The highest BCUT2D eigenvalue weighted by atomic mass is 32.2. The first-order valence-corrected chi connectivity index (χ1v) is 9.82. The number of sulfone groups is 1. The van der Waals surface area contributed by atoms with Gasteiger partial charge in [-0.1, -0.05) is 12.8 Å². The molecule has 0 saturated heterocycles. The second-order valence-electron chi connectivity index (χ2n) is 5.74. The van der Waals surface area contributed by atoms with E-state index in [0.717, 1.165) is 30.6 Å². The highest BCUT2D eigenvalue weighted by Gasteiger charge is 2.35. The first-order chi connectivity index (χ1) is 9.79. The Bertz CT molecular complexity index is 608. The van der Waals surface area contributed by atoms with Crippen LogP contribution in [0.1, 0.15) is 40.9 Å². The van der Waals surface area contributed by atoms with E-state index in [0.29, 0.717) is 12.1 Å². The van der Waals surface area contributed by atoms with Gasteiger partial charge in [0, 0.05) is 29.1 Å². The molecule has 0 spiro atoms. The van der Waals surface area contributed by atoms with Gasteiger partial charge in [-0.3, -0.25) is 4.90 Å². The van der Waals surface area contributed by atoms with E-state index in [2.05, 4.69) is 4.90 Å². The van der Waals surface area contributed by atoms with Crippen molar-refractivity contribution >= 4 is 27.1 Å². The summed E-state index contributed by atoms with van der Waals surface area (Å²) in [5.41, 5.74) is 0.298. The zero-order valence-corrected chi connectivity index (χ0v) is 13.9. The van der Waals surface area contributed by atoms with E-state index in [1.807, 2.05) is 7.05 Å². The summed E-state index contributed by atoms with van der Waals surface area (Å²) >= 11 is 1.41. The molecular formula is C14H21NO4S2. The average Bonchev–Trinajstić information content (AvgIpc) is 2.86. The highest BCUT2D eigenvalue weighted by Crippen LogP contribution is 2.29. The molecule has 1 aromatic heterocycles. The molecule has 0 bridgehead atoms. The normalized spacial score (nSPS) is 23.4. The maximum atomic E-state index is 11.9. The number of carboxylic acid groups (broad SMARTS) is 1. The Morgan fingerprint density at radius 1 is 1.43 bits per heavy atom. The van der Waals surface area contributed by atoms with E-state index in [1.165, 1.54) is 17.6 Å². The van der Waals surface area contributed by atoms with Crippen molar-refractivity contribution in [3.8, 4) is 0 Å². The summed E-state index contributed by atoms with van der Waals surface area (Å²) in [5.74, 6) is -0.924. The molecule has 1 aromatic rings. The number of nitrogens with zero attached hydrogens (tertiary/aromatic N) is 1. The number of hydrogen-bond acceptors (Lipinski definition) is 5. The van der Waals surface area contributed by atoms with E-state index in [9.17, 15) is 13.2 Å². The van der Waals surface area contributed by atoms with E-state index < -0.39 is 15.8 Å². The standard InChI is InChI=1S/C14H21NO4S2/c1-15(8-11-7-10(9-20-11)14(16)17)12-5-3-4-6-13(12)21(2,18)19/h7,9,12-13H,3-6,8H2,1-2H3,(H,16,17). The largest absolute Gasteiger partial charge is 0.478 e. The summed E-state index contributed by atoms with van der Waals surface area (Å²) in [7, 11) is -1.13. The average molecular weight is 331 g/mol. The SMILES string of the molecule is CN(Cc1cc(C(=O)O)cs1)C1CCCCC1S(C)(=O)=O. The molecule has 21 heavy (non-hydrogen) atoms. The Hall–Kier alpha value is -0.920. The minimum Gasteiger partial charge on any atom is -0.478 e. The van der Waals surface area contributed by atoms with Crippen molar-refractivity contribution in [1.29, 1.82) is 0 Å². The third-order valence-electron chi connectivity index (χ3n) is 4.09. The van der Waals surface area contributed by atoms with Crippen LogP contribution in [0.2, 0.25) is 0 Å². The van der Waals surface area contributed by atoms with E-state index >= 15 is 0 Å². The van der Waals surface area contributed by atoms with Crippen LogP contribution in [0.5, 0.6) is 0 Å². The minimum atomic E-state index is -3.05. The predicted octanol–water partition coefficient (Wildman–Crippen LogP) is 2.23. The van der Waals surface area contributed by atoms with Crippen LogP contribution in [0, 0.1) is 0 Å². The van der Waals surface area contributed by atoms with Gasteiger partial charge in [0.25, 0.3) is 0 Å². The Morgan fingerprint density at radius 3 is 2.67 bits per heavy atom. The molecule has 0 aromatic carbocycles. The topological polar surface area (TPSA) is 74.7 Å². The Labute approximate surface area is 129 Å². The third-order valence-corrected chi connectivity index (χ3v) is 6.66. The predicted molar refractivity (Wildman–Crippen MR) is 83.6 cm³/mol. The van der Waals surface area contributed by atoms with Crippen molar-refractivity contribution < 1.29 is 18.3 Å². The number of hydrogen-bond donors (Lipinski definition) is 1. The third kappa shape index (κ3) is 4.05. The Kier molecular flexibility index (Phi) is 5.06. The van der Waals surface area contributed by atoms with Gasteiger partial charge >= 0.3 is 5.97 Å². The van der Waals surface area contributed by atoms with Crippen molar-refractivity contribution in [1.82, 2.24) is 4.90 Å². The van der Waals surface area contributed by atoms with Gasteiger partial charge in [0.1, 0.15) is 0 Å². The van der Waals surface area contributed by atoms with Gasteiger partial charge in [-0.05, 0) is 26.0 Å². The smallest absolute Gasteiger partial charge is 0.336 e. The molecule has 2 atom stereocenters. The zero-order valence-electron chi connectivity index (χ0n) is 12.3. The van der Waals surface area contributed by atoms with Crippen molar-refractivity contribution in [2.75, 3.05) is 13.3 Å². The van der Waals surface area contributed by atoms with Crippen molar-refractivity contribution in [2.24, 2.45) is 0 Å². The summed E-state index contributed by atoms with van der Waals surface area (Å²) in [4.78, 5) is 13.9. The van der Waals surface area contributed by atoms with Crippen LogP contribution in [-0.4, -0.2) is 49.0 Å². The highest BCUT2D eigenvalue weighted by molar-refractivity contribution is 7.91. The summed E-state index contributed by atoms with van der Waals surface area (Å²) in [6, 6.07) is 1.69. The number of thiophene rings is 1. The second kappa shape index (κ2) is 6.46. The van der Waals surface area contributed by atoms with Crippen LogP contribution in [0.3, 0.4) is 0 Å². The molecule has 1 N–H and O–H groups in total. The first kappa shape index (κ1) is 16.5. The first-order valence-electron chi connectivity index (χ1n) is 6.99. The molecule has 1 aliphatic carbocycles. The van der Waals surface area contributed by atoms with E-state index in [1.54, 1.807) is 11.4 Å². The van der Waals surface area contributed by atoms with Gasteiger partial charge < -0.3 is 5.11 Å². The molecule has 5 nitrogen and oxygen atoms in total. The van der Waals surface area contributed by atoms with Crippen LogP contribution in [0.25, 0.3) is 0 Å². The van der Waals surface area contributed by atoms with Gasteiger partial charge in [-0.25, -0.2) is 13.2 Å². The monoisotopic (exact) mass is 331 g/mol. The zero-order chi connectivity index (χ0) is 15.6. The lowest BCUT2D eigenvalue weighted by atomic mass is 9.94. The van der Waals surface area contributed by atoms with Gasteiger partial charge in [-0.2, -0.15) is 0 Å².